The van der Waals surface area contributed by atoms with Crippen LogP contribution in [-0.4, -0.2) is 31.4 Å². The van der Waals surface area contributed by atoms with Gasteiger partial charge in [-0.2, -0.15) is 0 Å². The Bertz CT molecular complexity index is 762. The fraction of sp³-hybridized carbons (Fsp3) is 0.741. The predicted octanol–water partition coefficient (Wildman–Crippen LogP) is 5.64. The summed E-state index contributed by atoms with van der Waals surface area (Å²) in [5, 5.41) is 0. The zero-order chi connectivity index (χ0) is 22.2. The van der Waals surface area contributed by atoms with E-state index in [1.54, 1.807) is 7.11 Å². The normalized spacial score (nSPS) is 37.7. The van der Waals surface area contributed by atoms with Gasteiger partial charge in [0.25, 0.3) is 0 Å². The lowest BCUT2D eigenvalue weighted by atomic mass is 9.51. The monoisotopic (exact) mass is 428 g/mol. The van der Waals surface area contributed by atoms with Crippen LogP contribution >= 0.6 is 0 Å². The lowest BCUT2D eigenvalue weighted by Gasteiger charge is -2.52. The van der Waals surface area contributed by atoms with E-state index in [1.807, 2.05) is 18.2 Å². The van der Waals surface area contributed by atoms with Gasteiger partial charge < -0.3 is 14.2 Å². The van der Waals surface area contributed by atoms with Gasteiger partial charge in [-0.15, -0.1) is 0 Å². The van der Waals surface area contributed by atoms with Crippen LogP contribution in [0.15, 0.2) is 30.3 Å². The van der Waals surface area contributed by atoms with Crippen molar-refractivity contribution in [3.8, 4) is 0 Å². The number of fused-ring (bicyclic) bond motifs is 1. The summed E-state index contributed by atoms with van der Waals surface area (Å²) in [6.45, 7) is 10.3. The molecule has 3 fully saturated rings. The number of hydrogen-bond acceptors (Lipinski definition) is 4. The van der Waals surface area contributed by atoms with Gasteiger partial charge in [-0.1, -0.05) is 58.0 Å². The van der Waals surface area contributed by atoms with Crippen LogP contribution in [0.1, 0.15) is 65.4 Å². The van der Waals surface area contributed by atoms with Crippen molar-refractivity contribution in [3.05, 3.63) is 35.9 Å². The smallest absolute Gasteiger partial charge is 0.169 e. The van der Waals surface area contributed by atoms with Crippen molar-refractivity contribution in [2.24, 2.45) is 35.0 Å². The number of ether oxygens (including phenoxy) is 3. The van der Waals surface area contributed by atoms with Gasteiger partial charge >= 0.3 is 0 Å². The fourth-order valence-electron chi connectivity index (χ4n) is 6.67. The fourth-order valence-corrected chi connectivity index (χ4v) is 6.67. The quantitative estimate of drug-likeness (QED) is 0.511. The molecule has 2 bridgehead atoms. The maximum absolute atomic E-state index is 13.6. The molecule has 1 heterocycles. The highest BCUT2D eigenvalue weighted by atomic mass is 16.7. The van der Waals surface area contributed by atoms with E-state index in [0.717, 1.165) is 19.3 Å². The molecule has 0 spiro atoms. The lowest BCUT2D eigenvalue weighted by Crippen LogP contribution is -2.52. The molecule has 0 unspecified atom stereocenters. The van der Waals surface area contributed by atoms with Gasteiger partial charge in [0.05, 0.1) is 12.7 Å². The van der Waals surface area contributed by atoms with Crippen molar-refractivity contribution in [1.29, 1.82) is 0 Å². The molecule has 1 aliphatic heterocycles. The molecule has 4 heteroatoms. The van der Waals surface area contributed by atoms with Gasteiger partial charge in [-0.25, -0.2) is 0 Å². The number of methoxy groups -OCH3 is 1. The largest absolute Gasteiger partial charge is 0.376 e. The lowest BCUT2D eigenvalue weighted by molar-refractivity contribution is -0.228. The molecule has 1 saturated heterocycles. The third-order valence-electron chi connectivity index (χ3n) is 8.56. The van der Waals surface area contributed by atoms with E-state index in [1.165, 1.54) is 5.56 Å². The van der Waals surface area contributed by atoms with Gasteiger partial charge in [-0.3, -0.25) is 4.79 Å². The molecule has 4 rings (SSSR count). The Morgan fingerprint density at radius 1 is 1.19 bits per heavy atom. The van der Waals surface area contributed by atoms with Gasteiger partial charge in [0.15, 0.2) is 5.79 Å². The van der Waals surface area contributed by atoms with Gasteiger partial charge in [0.2, 0.25) is 0 Å². The zero-order valence-corrected chi connectivity index (χ0v) is 19.9. The highest BCUT2D eigenvalue weighted by Crippen LogP contribution is 2.64. The highest BCUT2D eigenvalue weighted by Gasteiger charge is 2.66. The second-order valence-electron chi connectivity index (χ2n) is 11.0. The first-order valence-corrected chi connectivity index (χ1v) is 12.2. The van der Waals surface area contributed by atoms with Crippen LogP contribution in [0.5, 0.6) is 0 Å². The SMILES string of the molecule is CO[C@@]12C[C@H](C(=O)C[C@H](C)COCc3ccccc3)[C@@]3(C)CC[C@@H](C(C)C)[C@@H](O1)[C@H]3C2. The van der Waals surface area contributed by atoms with E-state index in [0.29, 0.717) is 49.6 Å². The summed E-state index contributed by atoms with van der Waals surface area (Å²) >= 11 is 0. The third-order valence-corrected chi connectivity index (χ3v) is 8.56. The van der Waals surface area contributed by atoms with Crippen molar-refractivity contribution in [2.75, 3.05) is 13.7 Å². The minimum absolute atomic E-state index is 0.0147. The van der Waals surface area contributed by atoms with Crippen LogP contribution in [0.4, 0.5) is 0 Å². The number of ketones is 1. The molecule has 0 amide bonds. The van der Waals surface area contributed by atoms with Crippen molar-refractivity contribution in [3.63, 3.8) is 0 Å². The average molecular weight is 429 g/mol. The number of Topliss-reactive ketones (excluding diaryl/α,β-unsaturated/α-hetero) is 1. The number of carbonyl (C=O) groups is 1. The maximum Gasteiger partial charge on any atom is 0.169 e. The van der Waals surface area contributed by atoms with Crippen LogP contribution in [0, 0.1) is 35.0 Å². The summed E-state index contributed by atoms with van der Waals surface area (Å²) in [6, 6.07) is 10.2. The Labute approximate surface area is 188 Å². The molecule has 3 aliphatic rings. The van der Waals surface area contributed by atoms with Crippen LogP contribution < -0.4 is 0 Å². The summed E-state index contributed by atoms with van der Waals surface area (Å²) in [6.07, 6.45) is 4.70. The molecule has 0 N–H and O–H groups in total. The summed E-state index contributed by atoms with van der Waals surface area (Å²) in [5.41, 5.74) is 1.19. The summed E-state index contributed by atoms with van der Waals surface area (Å²) in [7, 11) is 1.76. The predicted molar refractivity (Wildman–Crippen MR) is 121 cm³/mol. The van der Waals surface area contributed by atoms with Crippen molar-refractivity contribution < 1.29 is 19.0 Å². The topological polar surface area (TPSA) is 44.8 Å². The Morgan fingerprint density at radius 2 is 1.94 bits per heavy atom. The van der Waals surface area contributed by atoms with E-state index in [-0.39, 0.29) is 23.4 Å². The first-order chi connectivity index (χ1) is 14.8. The zero-order valence-electron chi connectivity index (χ0n) is 19.9. The van der Waals surface area contributed by atoms with Crippen LogP contribution in [0.3, 0.4) is 0 Å². The minimum atomic E-state index is -0.570. The van der Waals surface area contributed by atoms with Crippen LogP contribution in [0.25, 0.3) is 0 Å². The first-order valence-electron chi connectivity index (χ1n) is 12.2. The Hall–Kier alpha value is -1.23. The van der Waals surface area contributed by atoms with Crippen molar-refractivity contribution in [1.82, 2.24) is 0 Å². The molecule has 172 valence electrons. The molecule has 0 aromatic heterocycles. The molecule has 31 heavy (non-hydrogen) atoms. The molecular formula is C27H40O4. The molecule has 2 aliphatic carbocycles. The molecule has 4 nitrogen and oxygen atoms in total. The van der Waals surface area contributed by atoms with E-state index in [9.17, 15) is 4.79 Å². The summed E-state index contributed by atoms with van der Waals surface area (Å²) in [5.74, 6) is 1.60. The standard InChI is InChI=1S/C27H40O4/c1-18(2)21-11-12-26(4)22(14-27(29-5)15-23(26)25(21)31-27)24(28)13-19(3)16-30-17-20-9-7-6-8-10-20/h6-10,18-19,21-23,25H,11-17H2,1-5H3/t19-,21-,22+,23+,25+,26+,27-/m0/s1. The molecular weight excluding hydrogens is 388 g/mol. The maximum atomic E-state index is 13.6. The number of carbonyl (C=O) groups excluding carboxylic acids is 1. The van der Waals surface area contributed by atoms with E-state index < -0.39 is 5.79 Å². The molecule has 0 radical (unpaired) electrons. The number of benzene rings is 1. The average Bonchev–Trinajstić information content (AvgIpc) is 3.12. The molecule has 1 aromatic carbocycles. The Morgan fingerprint density at radius 3 is 2.61 bits per heavy atom. The Kier molecular flexibility index (Phi) is 6.63. The van der Waals surface area contributed by atoms with Gasteiger partial charge in [-0.05, 0) is 47.5 Å². The van der Waals surface area contributed by atoms with E-state index >= 15 is 0 Å². The van der Waals surface area contributed by atoms with Crippen LogP contribution in [-0.2, 0) is 25.6 Å². The first kappa shape index (κ1) is 22.9. The second kappa shape index (κ2) is 8.96. The highest BCUT2D eigenvalue weighted by molar-refractivity contribution is 5.82. The minimum Gasteiger partial charge on any atom is -0.376 e. The number of rotatable bonds is 9. The number of hydrogen-bond donors (Lipinski definition) is 0. The van der Waals surface area contributed by atoms with Crippen molar-refractivity contribution >= 4 is 5.78 Å². The van der Waals surface area contributed by atoms with E-state index in [4.69, 9.17) is 14.2 Å². The second-order valence-corrected chi connectivity index (χ2v) is 11.0. The molecule has 1 aromatic rings. The Balaban J connectivity index is 1.41. The molecule has 7 atom stereocenters. The van der Waals surface area contributed by atoms with Gasteiger partial charge in [0.1, 0.15) is 5.78 Å². The molecule has 2 saturated carbocycles. The van der Waals surface area contributed by atoms with E-state index in [2.05, 4.69) is 39.8 Å². The van der Waals surface area contributed by atoms with Crippen molar-refractivity contribution in [2.45, 2.75) is 78.3 Å². The summed E-state index contributed by atoms with van der Waals surface area (Å²) < 4.78 is 18.5. The van der Waals surface area contributed by atoms with Gasteiger partial charge in [0, 0.05) is 38.9 Å². The third kappa shape index (κ3) is 4.36. The summed E-state index contributed by atoms with van der Waals surface area (Å²) in [4.78, 5) is 13.6. The van der Waals surface area contributed by atoms with Crippen LogP contribution in [0.2, 0.25) is 0 Å².